The number of aryl methyl sites for hydroxylation is 1. The van der Waals surface area contributed by atoms with E-state index in [9.17, 15) is 13.2 Å². The molecular formula is C17H22N2O4S. The minimum absolute atomic E-state index is 0.105. The molecule has 1 aromatic carbocycles. The number of benzene rings is 1. The molecule has 0 radical (unpaired) electrons. The number of hydrogen-bond acceptors (Lipinski definition) is 4. The zero-order valence-corrected chi connectivity index (χ0v) is 15.3. The molecule has 0 bridgehead atoms. The maximum Gasteiger partial charge on any atom is 0.354 e. The summed E-state index contributed by atoms with van der Waals surface area (Å²) in [5.74, 6) is -0.569. The van der Waals surface area contributed by atoms with Crippen LogP contribution in [0.4, 0.5) is 5.69 Å². The molecule has 2 aromatic rings. The second kappa shape index (κ2) is 6.68. The zero-order chi connectivity index (χ0) is 18.1. The smallest absolute Gasteiger partial charge is 0.354 e. The average molecular weight is 350 g/mol. The lowest BCUT2D eigenvalue weighted by Gasteiger charge is -2.23. The summed E-state index contributed by atoms with van der Waals surface area (Å²) in [6.07, 6.45) is 0. The highest BCUT2D eigenvalue weighted by molar-refractivity contribution is 7.92. The molecule has 0 unspecified atom stereocenters. The van der Waals surface area contributed by atoms with Crippen LogP contribution >= 0.6 is 0 Å². The molecule has 130 valence electrons. The Kier molecular flexibility index (Phi) is 5.03. The Labute approximate surface area is 142 Å². The molecular weight excluding hydrogens is 328 g/mol. The third kappa shape index (κ3) is 3.03. The van der Waals surface area contributed by atoms with Crippen molar-refractivity contribution in [3.05, 3.63) is 47.3 Å². The summed E-state index contributed by atoms with van der Waals surface area (Å²) in [7, 11) is -0.880. The molecule has 0 saturated heterocycles. The van der Waals surface area contributed by atoms with Crippen molar-refractivity contribution in [1.29, 1.82) is 0 Å². The van der Waals surface area contributed by atoms with Gasteiger partial charge in [-0.15, -0.1) is 0 Å². The van der Waals surface area contributed by atoms with Crippen LogP contribution in [-0.2, 0) is 21.8 Å². The number of anilines is 1. The zero-order valence-electron chi connectivity index (χ0n) is 14.5. The summed E-state index contributed by atoms with van der Waals surface area (Å²) in [5.41, 5.74) is 2.26. The number of methoxy groups -OCH3 is 1. The van der Waals surface area contributed by atoms with Gasteiger partial charge >= 0.3 is 5.97 Å². The Balaban J connectivity index is 2.59. The lowest BCUT2D eigenvalue weighted by atomic mass is 10.2. The number of esters is 1. The van der Waals surface area contributed by atoms with E-state index in [0.717, 1.165) is 5.56 Å². The summed E-state index contributed by atoms with van der Waals surface area (Å²) < 4.78 is 33.9. The van der Waals surface area contributed by atoms with Crippen molar-refractivity contribution in [3.63, 3.8) is 0 Å². The van der Waals surface area contributed by atoms with Gasteiger partial charge in [0.1, 0.15) is 10.6 Å². The van der Waals surface area contributed by atoms with Gasteiger partial charge in [-0.3, -0.25) is 4.31 Å². The molecule has 1 aromatic heterocycles. The Morgan fingerprint density at radius 1 is 1.25 bits per heavy atom. The number of carbonyl (C=O) groups excluding carboxylic acids is 1. The van der Waals surface area contributed by atoms with E-state index < -0.39 is 16.0 Å². The van der Waals surface area contributed by atoms with E-state index in [4.69, 9.17) is 4.74 Å². The first-order chi connectivity index (χ1) is 11.2. The average Bonchev–Trinajstić information content (AvgIpc) is 2.84. The summed E-state index contributed by atoms with van der Waals surface area (Å²) in [5, 5.41) is 0. The summed E-state index contributed by atoms with van der Waals surface area (Å²) >= 11 is 0. The van der Waals surface area contributed by atoms with Gasteiger partial charge < -0.3 is 9.30 Å². The molecule has 1 heterocycles. The summed E-state index contributed by atoms with van der Waals surface area (Å²) in [6.45, 7) is 5.64. The van der Waals surface area contributed by atoms with E-state index in [1.807, 2.05) is 25.1 Å². The lowest BCUT2D eigenvalue weighted by Crippen LogP contribution is -2.31. The van der Waals surface area contributed by atoms with Gasteiger partial charge in [-0.1, -0.05) is 12.1 Å². The van der Waals surface area contributed by atoms with Gasteiger partial charge in [0.05, 0.1) is 12.8 Å². The predicted molar refractivity (Wildman–Crippen MR) is 92.9 cm³/mol. The number of carbonyl (C=O) groups is 1. The van der Waals surface area contributed by atoms with Crippen LogP contribution < -0.4 is 4.31 Å². The fraction of sp³-hybridized carbons (Fsp3) is 0.353. The van der Waals surface area contributed by atoms with Gasteiger partial charge in [-0.2, -0.15) is 0 Å². The van der Waals surface area contributed by atoms with Crippen molar-refractivity contribution in [3.8, 4) is 0 Å². The van der Waals surface area contributed by atoms with E-state index in [-0.39, 0.29) is 17.1 Å². The molecule has 0 aliphatic heterocycles. The minimum Gasteiger partial charge on any atom is -0.464 e. The Bertz CT molecular complexity index is 869. The number of rotatable bonds is 5. The molecule has 0 aliphatic rings. The molecule has 2 rings (SSSR count). The third-order valence-corrected chi connectivity index (χ3v) is 6.05. The first-order valence-electron chi connectivity index (χ1n) is 7.58. The second-order valence-electron chi connectivity index (χ2n) is 5.54. The van der Waals surface area contributed by atoms with Crippen LogP contribution in [0.1, 0.15) is 28.7 Å². The highest BCUT2D eigenvalue weighted by Crippen LogP contribution is 2.28. The van der Waals surface area contributed by atoms with Crippen molar-refractivity contribution in [2.75, 3.05) is 18.0 Å². The van der Waals surface area contributed by atoms with E-state index >= 15 is 0 Å². The SMILES string of the molecule is CCN(c1cccc(C)c1)S(=O)(=O)c1cc(C(=O)OC)n(C)c1C. The fourth-order valence-corrected chi connectivity index (χ4v) is 4.37. The van der Waals surface area contributed by atoms with Crippen molar-refractivity contribution in [2.24, 2.45) is 7.05 Å². The molecule has 24 heavy (non-hydrogen) atoms. The largest absolute Gasteiger partial charge is 0.464 e. The second-order valence-corrected chi connectivity index (χ2v) is 7.37. The standard InChI is InChI=1S/C17H22N2O4S/c1-6-19(14-9-7-8-12(2)10-14)24(21,22)16-11-15(17(20)23-5)18(4)13(16)3/h7-11H,6H2,1-5H3. The van der Waals surface area contributed by atoms with Gasteiger partial charge in [0, 0.05) is 19.3 Å². The normalized spacial score (nSPS) is 11.4. The Hall–Kier alpha value is -2.28. The molecule has 0 atom stereocenters. The fourth-order valence-electron chi connectivity index (χ4n) is 2.63. The molecule has 6 nitrogen and oxygen atoms in total. The van der Waals surface area contributed by atoms with Gasteiger partial charge in [-0.25, -0.2) is 13.2 Å². The van der Waals surface area contributed by atoms with Crippen LogP contribution in [0, 0.1) is 13.8 Å². The van der Waals surface area contributed by atoms with Gasteiger partial charge in [0.25, 0.3) is 10.0 Å². The topological polar surface area (TPSA) is 68.6 Å². The van der Waals surface area contributed by atoms with E-state index in [1.54, 1.807) is 27.0 Å². The number of ether oxygens (including phenoxy) is 1. The maximum atomic E-state index is 13.1. The molecule has 0 fully saturated rings. The van der Waals surface area contributed by atoms with E-state index in [0.29, 0.717) is 11.4 Å². The number of nitrogens with zero attached hydrogens (tertiary/aromatic N) is 2. The number of sulfonamides is 1. The predicted octanol–water partition coefficient (Wildman–Crippen LogP) is 2.64. The monoisotopic (exact) mass is 350 g/mol. The van der Waals surface area contributed by atoms with Crippen LogP contribution in [0.2, 0.25) is 0 Å². The number of aromatic nitrogens is 1. The Morgan fingerprint density at radius 3 is 2.46 bits per heavy atom. The van der Waals surface area contributed by atoms with Gasteiger partial charge in [0.2, 0.25) is 0 Å². The van der Waals surface area contributed by atoms with E-state index in [2.05, 4.69) is 0 Å². The maximum absolute atomic E-state index is 13.1. The van der Waals surface area contributed by atoms with Crippen LogP contribution in [0.25, 0.3) is 0 Å². The molecule has 0 N–H and O–H groups in total. The van der Waals surface area contributed by atoms with E-state index in [1.165, 1.54) is 22.0 Å². The first kappa shape index (κ1) is 18.1. The molecule has 0 aliphatic carbocycles. The molecule has 0 spiro atoms. The highest BCUT2D eigenvalue weighted by Gasteiger charge is 2.29. The quantitative estimate of drug-likeness (QED) is 0.778. The molecule has 7 heteroatoms. The highest BCUT2D eigenvalue weighted by atomic mass is 32.2. The van der Waals surface area contributed by atoms with Crippen molar-refractivity contribution < 1.29 is 17.9 Å². The minimum atomic E-state index is -3.79. The Morgan fingerprint density at radius 2 is 1.92 bits per heavy atom. The van der Waals surface area contributed by atoms with Crippen molar-refractivity contribution in [2.45, 2.75) is 25.7 Å². The number of hydrogen-bond donors (Lipinski definition) is 0. The first-order valence-corrected chi connectivity index (χ1v) is 9.02. The molecule has 0 saturated carbocycles. The molecule has 0 amide bonds. The van der Waals surface area contributed by atoms with Crippen molar-refractivity contribution in [1.82, 2.24) is 4.57 Å². The third-order valence-electron chi connectivity index (χ3n) is 4.03. The lowest BCUT2D eigenvalue weighted by molar-refractivity contribution is 0.0589. The van der Waals surface area contributed by atoms with Gasteiger partial charge in [0.15, 0.2) is 0 Å². The summed E-state index contributed by atoms with van der Waals surface area (Å²) in [6, 6.07) is 8.68. The van der Waals surface area contributed by atoms with Gasteiger partial charge in [-0.05, 0) is 44.5 Å². The summed E-state index contributed by atoms with van der Waals surface area (Å²) in [4.78, 5) is 11.9. The van der Waals surface area contributed by atoms with Crippen LogP contribution in [0.5, 0.6) is 0 Å². The van der Waals surface area contributed by atoms with Crippen LogP contribution in [0.3, 0.4) is 0 Å². The van der Waals surface area contributed by atoms with Crippen LogP contribution in [0.15, 0.2) is 35.2 Å². The van der Waals surface area contributed by atoms with Crippen molar-refractivity contribution >= 4 is 21.7 Å². The van der Waals surface area contributed by atoms with Crippen LogP contribution in [-0.4, -0.2) is 32.6 Å².